The molecule has 8 nitrogen and oxygen atoms in total. The summed E-state index contributed by atoms with van der Waals surface area (Å²) in [4.78, 5) is 27.2. The van der Waals surface area contributed by atoms with Gasteiger partial charge in [-0.2, -0.15) is 4.98 Å². The Bertz CT molecular complexity index is 417. The molecule has 0 spiro atoms. The van der Waals surface area contributed by atoms with E-state index in [1.165, 1.54) is 4.90 Å². The first kappa shape index (κ1) is 14.1. The molecule has 1 amide bonds. The zero-order valence-corrected chi connectivity index (χ0v) is 10.3. The smallest absolute Gasteiger partial charge is 0.323 e. The Labute approximate surface area is 104 Å². The molecule has 0 saturated carbocycles. The van der Waals surface area contributed by atoms with Crippen molar-refractivity contribution in [3.63, 3.8) is 0 Å². The third kappa shape index (κ3) is 4.50. The summed E-state index contributed by atoms with van der Waals surface area (Å²) in [6.45, 7) is 3.15. The Kier molecular flexibility index (Phi) is 5.25. The van der Waals surface area contributed by atoms with Gasteiger partial charge in [-0.15, -0.1) is 0 Å². The average molecular weight is 257 g/mol. The molecular formula is C10H15N3O5. The van der Waals surface area contributed by atoms with E-state index in [0.29, 0.717) is 12.4 Å². The van der Waals surface area contributed by atoms with Crippen molar-refractivity contribution in [2.24, 2.45) is 0 Å². The standard InChI is InChI=1S/C10H15N3O5/c1-3-13(4-10(15)16)9(14)6-17-5-8-11-7(2)12-18-8/h3-6H2,1-2H3,(H,15,16). The van der Waals surface area contributed by atoms with Crippen LogP contribution in [-0.4, -0.2) is 51.7 Å². The van der Waals surface area contributed by atoms with E-state index in [0.717, 1.165) is 0 Å². The summed E-state index contributed by atoms with van der Waals surface area (Å²) < 4.78 is 9.87. The van der Waals surface area contributed by atoms with Gasteiger partial charge in [-0.3, -0.25) is 9.59 Å². The third-order valence-corrected chi connectivity index (χ3v) is 2.08. The van der Waals surface area contributed by atoms with E-state index in [9.17, 15) is 9.59 Å². The van der Waals surface area contributed by atoms with Gasteiger partial charge in [0, 0.05) is 6.54 Å². The number of carboxylic acids is 1. The third-order valence-electron chi connectivity index (χ3n) is 2.08. The molecule has 8 heteroatoms. The van der Waals surface area contributed by atoms with E-state index in [-0.39, 0.29) is 25.6 Å². The molecular weight excluding hydrogens is 242 g/mol. The largest absolute Gasteiger partial charge is 0.480 e. The van der Waals surface area contributed by atoms with Crippen LogP contribution in [0.4, 0.5) is 0 Å². The lowest BCUT2D eigenvalue weighted by Crippen LogP contribution is -2.37. The van der Waals surface area contributed by atoms with Gasteiger partial charge >= 0.3 is 5.97 Å². The van der Waals surface area contributed by atoms with Crippen molar-refractivity contribution < 1.29 is 24.0 Å². The van der Waals surface area contributed by atoms with Gasteiger partial charge in [0.15, 0.2) is 5.82 Å². The second kappa shape index (κ2) is 6.70. The molecule has 0 aliphatic carbocycles. The molecule has 0 radical (unpaired) electrons. The second-order valence-electron chi connectivity index (χ2n) is 3.53. The molecule has 1 rings (SSSR count). The second-order valence-corrected chi connectivity index (χ2v) is 3.53. The molecule has 0 aliphatic rings. The minimum atomic E-state index is -1.06. The maximum Gasteiger partial charge on any atom is 0.323 e. The van der Waals surface area contributed by atoms with Crippen LogP contribution in [0.15, 0.2) is 4.52 Å². The number of hydrogen-bond acceptors (Lipinski definition) is 6. The lowest BCUT2D eigenvalue weighted by Gasteiger charge is -2.17. The average Bonchev–Trinajstić information content (AvgIpc) is 2.71. The zero-order chi connectivity index (χ0) is 13.5. The van der Waals surface area contributed by atoms with Crippen LogP contribution in [0.2, 0.25) is 0 Å². The number of carboxylic acid groups (broad SMARTS) is 1. The lowest BCUT2D eigenvalue weighted by atomic mass is 10.4. The summed E-state index contributed by atoms with van der Waals surface area (Å²) in [7, 11) is 0. The van der Waals surface area contributed by atoms with Gasteiger partial charge in [-0.25, -0.2) is 0 Å². The summed E-state index contributed by atoms with van der Waals surface area (Å²) in [5.41, 5.74) is 0. The summed E-state index contributed by atoms with van der Waals surface area (Å²) in [5.74, 6) is -0.684. The monoisotopic (exact) mass is 257 g/mol. The number of aliphatic carboxylic acids is 1. The first-order chi connectivity index (χ1) is 8.52. The minimum Gasteiger partial charge on any atom is -0.480 e. The van der Waals surface area contributed by atoms with Gasteiger partial charge in [0.05, 0.1) is 0 Å². The highest BCUT2D eigenvalue weighted by molar-refractivity contribution is 5.82. The highest BCUT2D eigenvalue weighted by atomic mass is 16.5. The van der Waals surface area contributed by atoms with Crippen LogP contribution in [0.5, 0.6) is 0 Å². The summed E-state index contributed by atoms with van der Waals surface area (Å²) >= 11 is 0. The molecule has 0 bridgehead atoms. The predicted molar refractivity (Wildman–Crippen MR) is 58.6 cm³/mol. The van der Waals surface area contributed by atoms with Crippen LogP contribution in [-0.2, 0) is 20.9 Å². The lowest BCUT2D eigenvalue weighted by molar-refractivity contribution is -0.146. The Morgan fingerprint density at radius 2 is 2.22 bits per heavy atom. The van der Waals surface area contributed by atoms with E-state index < -0.39 is 11.9 Å². The van der Waals surface area contributed by atoms with Gasteiger partial charge in [-0.1, -0.05) is 5.16 Å². The number of amides is 1. The fourth-order valence-electron chi connectivity index (χ4n) is 1.26. The van der Waals surface area contributed by atoms with Gasteiger partial charge in [-0.05, 0) is 13.8 Å². The fraction of sp³-hybridized carbons (Fsp3) is 0.600. The molecule has 100 valence electrons. The number of aromatic nitrogens is 2. The molecule has 0 aromatic carbocycles. The topological polar surface area (TPSA) is 106 Å². The van der Waals surface area contributed by atoms with Gasteiger partial charge < -0.3 is 19.3 Å². The summed E-state index contributed by atoms with van der Waals surface area (Å²) in [5, 5.41) is 12.2. The van der Waals surface area contributed by atoms with Crippen molar-refractivity contribution >= 4 is 11.9 Å². The minimum absolute atomic E-state index is 0.0250. The van der Waals surface area contributed by atoms with Crippen LogP contribution in [0, 0.1) is 6.92 Å². The Hall–Kier alpha value is -1.96. The summed E-state index contributed by atoms with van der Waals surface area (Å²) in [6.07, 6.45) is 0. The number of hydrogen-bond donors (Lipinski definition) is 1. The van der Waals surface area contributed by atoms with E-state index in [1.807, 2.05) is 0 Å². The fourth-order valence-corrected chi connectivity index (χ4v) is 1.26. The molecule has 0 saturated heterocycles. The molecule has 1 aromatic heterocycles. The van der Waals surface area contributed by atoms with Crippen LogP contribution < -0.4 is 0 Å². The van der Waals surface area contributed by atoms with Crippen LogP contribution >= 0.6 is 0 Å². The first-order valence-electron chi connectivity index (χ1n) is 5.39. The molecule has 0 aliphatic heterocycles. The number of aryl methyl sites for hydroxylation is 1. The van der Waals surface area contributed by atoms with Crippen molar-refractivity contribution in [1.82, 2.24) is 15.0 Å². The van der Waals surface area contributed by atoms with Crippen LogP contribution in [0.1, 0.15) is 18.6 Å². The molecule has 1 aromatic rings. The number of nitrogens with zero attached hydrogens (tertiary/aromatic N) is 3. The SMILES string of the molecule is CCN(CC(=O)O)C(=O)COCc1nc(C)no1. The van der Waals surface area contributed by atoms with Crippen molar-refractivity contribution in [3.05, 3.63) is 11.7 Å². The van der Waals surface area contributed by atoms with Crippen LogP contribution in [0.25, 0.3) is 0 Å². The maximum absolute atomic E-state index is 11.6. The normalized spacial score (nSPS) is 10.3. The van der Waals surface area contributed by atoms with E-state index in [1.54, 1.807) is 13.8 Å². The van der Waals surface area contributed by atoms with E-state index in [2.05, 4.69) is 10.1 Å². The molecule has 1 heterocycles. The predicted octanol–water partition coefficient (Wildman–Crippen LogP) is -0.172. The number of likely N-dealkylation sites (N-methyl/N-ethyl adjacent to an activating group) is 1. The van der Waals surface area contributed by atoms with Crippen molar-refractivity contribution in [2.45, 2.75) is 20.5 Å². The van der Waals surface area contributed by atoms with Crippen molar-refractivity contribution in [3.8, 4) is 0 Å². The van der Waals surface area contributed by atoms with Crippen molar-refractivity contribution in [2.75, 3.05) is 19.7 Å². The van der Waals surface area contributed by atoms with Crippen molar-refractivity contribution in [1.29, 1.82) is 0 Å². The van der Waals surface area contributed by atoms with E-state index >= 15 is 0 Å². The van der Waals surface area contributed by atoms with Crippen LogP contribution in [0.3, 0.4) is 0 Å². The molecule has 0 atom stereocenters. The Morgan fingerprint density at radius 1 is 1.50 bits per heavy atom. The highest BCUT2D eigenvalue weighted by Gasteiger charge is 2.15. The molecule has 1 N–H and O–H groups in total. The molecule has 0 fully saturated rings. The number of rotatable bonds is 7. The number of carbonyl (C=O) groups excluding carboxylic acids is 1. The highest BCUT2D eigenvalue weighted by Crippen LogP contribution is 1.99. The van der Waals surface area contributed by atoms with Gasteiger partial charge in [0.1, 0.15) is 19.8 Å². The number of ether oxygens (including phenoxy) is 1. The van der Waals surface area contributed by atoms with Gasteiger partial charge in [0.25, 0.3) is 5.89 Å². The summed E-state index contributed by atoms with van der Waals surface area (Å²) in [6, 6.07) is 0. The first-order valence-corrected chi connectivity index (χ1v) is 5.39. The quantitative estimate of drug-likeness (QED) is 0.722. The maximum atomic E-state index is 11.6. The Morgan fingerprint density at radius 3 is 2.72 bits per heavy atom. The van der Waals surface area contributed by atoms with Gasteiger partial charge in [0.2, 0.25) is 5.91 Å². The number of carbonyl (C=O) groups is 2. The zero-order valence-electron chi connectivity index (χ0n) is 10.3. The van der Waals surface area contributed by atoms with E-state index in [4.69, 9.17) is 14.4 Å². The molecule has 18 heavy (non-hydrogen) atoms. The Balaban J connectivity index is 2.33. The molecule has 0 unspecified atom stereocenters.